The number of carbonyl (C=O) groups excluding carboxylic acids is 1. The highest BCUT2D eigenvalue weighted by Gasteiger charge is 2.10. The average molecular weight is 317 g/mol. The van der Waals surface area contributed by atoms with Gasteiger partial charge in [0.1, 0.15) is 0 Å². The number of nitrogens with one attached hydrogen (secondary N) is 1. The van der Waals surface area contributed by atoms with Gasteiger partial charge < -0.3 is 20.9 Å². The van der Waals surface area contributed by atoms with Crippen molar-refractivity contribution in [1.82, 2.24) is 5.32 Å². The van der Waals surface area contributed by atoms with Gasteiger partial charge in [0.15, 0.2) is 0 Å². The lowest BCUT2D eigenvalue weighted by Crippen LogP contribution is -2.29. The molecule has 6 heteroatoms. The smallest absolute Gasteiger partial charge is 0.253 e. The van der Waals surface area contributed by atoms with Crippen LogP contribution in [0.25, 0.3) is 0 Å². The number of halogens is 1. The molecular formula is C12H17BrN2O3. The first-order chi connectivity index (χ1) is 8.54. The van der Waals surface area contributed by atoms with E-state index in [2.05, 4.69) is 21.2 Å². The van der Waals surface area contributed by atoms with Gasteiger partial charge in [-0.05, 0) is 24.6 Å². The Labute approximate surface area is 114 Å². The fourth-order valence-corrected chi connectivity index (χ4v) is 1.84. The molecule has 0 spiro atoms. The quantitative estimate of drug-likeness (QED) is 0.688. The Balaban J connectivity index is 2.45. The second-order valence-electron chi connectivity index (χ2n) is 3.89. The Morgan fingerprint density at radius 2 is 2.33 bits per heavy atom. The van der Waals surface area contributed by atoms with Crippen LogP contribution >= 0.6 is 15.9 Å². The first-order valence-corrected chi connectivity index (χ1v) is 6.34. The summed E-state index contributed by atoms with van der Waals surface area (Å²) in [5.74, 6) is -0.246. The standard InChI is InChI=1S/C12H17BrN2O3/c1-18-7-9(16)4-5-15-12(17)10-3-2-8(13)6-11(10)14/h2-3,6,9,16H,4-5,7,14H2,1H3,(H,15,17). The first-order valence-electron chi connectivity index (χ1n) is 5.54. The third-order valence-corrected chi connectivity index (χ3v) is 2.87. The maximum Gasteiger partial charge on any atom is 0.253 e. The molecule has 1 aromatic rings. The molecule has 0 fully saturated rings. The van der Waals surface area contributed by atoms with Gasteiger partial charge in [-0.1, -0.05) is 15.9 Å². The van der Waals surface area contributed by atoms with Gasteiger partial charge in [-0.2, -0.15) is 0 Å². The fraction of sp³-hybridized carbons (Fsp3) is 0.417. The molecule has 100 valence electrons. The van der Waals surface area contributed by atoms with Gasteiger partial charge in [0.25, 0.3) is 5.91 Å². The van der Waals surface area contributed by atoms with E-state index < -0.39 is 6.10 Å². The minimum absolute atomic E-state index is 0.246. The van der Waals surface area contributed by atoms with Crippen LogP contribution < -0.4 is 11.1 Å². The lowest BCUT2D eigenvalue weighted by molar-refractivity contribution is 0.0588. The second kappa shape index (κ2) is 7.35. The van der Waals surface area contributed by atoms with Crippen LogP contribution in [0.3, 0.4) is 0 Å². The number of aliphatic hydroxyl groups excluding tert-OH is 1. The molecule has 1 rings (SSSR count). The van der Waals surface area contributed by atoms with Crippen LogP contribution in [0, 0.1) is 0 Å². The molecule has 1 amide bonds. The third-order valence-electron chi connectivity index (χ3n) is 2.38. The van der Waals surface area contributed by atoms with Crippen molar-refractivity contribution in [2.45, 2.75) is 12.5 Å². The molecule has 0 aliphatic carbocycles. The van der Waals surface area contributed by atoms with Gasteiger partial charge in [0.05, 0.1) is 18.3 Å². The zero-order chi connectivity index (χ0) is 13.5. The van der Waals surface area contributed by atoms with E-state index in [1.807, 2.05) is 0 Å². The van der Waals surface area contributed by atoms with Crippen LogP contribution in [0.15, 0.2) is 22.7 Å². The summed E-state index contributed by atoms with van der Waals surface area (Å²) in [6.07, 6.45) is -0.131. The molecule has 1 atom stereocenters. The van der Waals surface area contributed by atoms with Crippen LogP contribution in [0.2, 0.25) is 0 Å². The lowest BCUT2D eigenvalue weighted by atomic mass is 10.1. The van der Waals surface area contributed by atoms with Crippen molar-refractivity contribution < 1.29 is 14.6 Å². The zero-order valence-corrected chi connectivity index (χ0v) is 11.7. The number of nitrogen functional groups attached to an aromatic ring is 1. The molecule has 0 bridgehead atoms. The van der Waals surface area contributed by atoms with Crippen LogP contribution in [0.5, 0.6) is 0 Å². The van der Waals surface area contributed by atoms with Gasteiger partial charge in [-0.3, -0.25) is 4.79 Å². The molecule has 0 aromatic heterocycles. The summed E-state index contributed by atoms with van der Waals surface area (Å²) < 4.78 is 5.62. The number of benzene rings is 1. The number of aliphatic hydroxyl groups is 1. The number of nitrogens with two attached hydrogens (primary N) is 1. The summed E-state index contributed by atoms with van der Waals surface area (Å²) in [6, 6.07) is 5.08. The monoisotopic (exact) mass is 316 g/mol. The topological polar surface area (TPSA) is 84.6 Å². The fourth-order valence-electron chi connectivity index (χ4n) is 1.46. The van der Waals surface area contributed by atoms with Crippen molar-refractivity contribution in [2.24, 2.45) is 0 Å². The van der Waals surface area contributed by atoms with E-state index in [1.54, 1.807) is 18.2 Å². The molecule has 18 heavy (non-hydrogen) atoms. The highest BCUT2D eigenvalue weighted by Crippen LogP contribution is 2.18. The minimum Gasteiger partial charge on any atom is -0.398 e. The predicted molar refractivity (Wildman–Crippen MR) is 73.4 cm³/mol. The molecule has 0 aliphatic rings. The Bertz CT molecular complexity index is 412. The summed E-state index contributed by atoms with van der Waals surface area (Å²) >= 11 is 3.28. The number of amides is 1. The second-order valence-corrected chi connectivity index (χ2v) is 4.80. The summed E-state index contributed by atoms with van der Waals surface area (Å²) in [4.78, 5) is 11.8. The normalized spacial score (nSPS) is 12.2. The van der Waals surface area contributed by atoms with Crippen molar-refractivity contribution >= 4 is 27.5 Å². The van der Waals surface area contributed by atoms with E-state index in [4.69, 9.17) is 10.5 Å². The molecule has 0 radical (unpaired) electrons. The lowest BCUT2D eigenvalue weighted by Gasteiger charge is -2.11. The number of methoxy groups -OCH3 is 1. The van der Waals surface area contributed by atoms with Crippen LogP contribution in [-0.2, 0) is 4.74 Å². The summed E-state index contributed by atoms with van der Waals surface area (Å²) in [6.45, 7) is 0.634. The number of hydrogen-bond donors (Lipinski definition) is 3. The molecular weight excluding hydrogens is 300 g/mol. The summed E-state index contributed by atoms with van der Waals surface area (Å²) in [7, 11) is 1.52. The highest BCUT2D eigenvalue weighted by atomic mass is 79.9. The number of rotatable bonds is 6. The molecule has 5 nitrogen and oxygen atoms in total. The molecule has 4 N–H and O–H groups in total. The zero-order valence-electron chi connectivity index (χ0n) is 10.1. The molecule has 0 saturated carbocycles. The Morgan fingerprint density at radius 1 is 1.61 bits per heavy atom. The number of hydrogen-bond acceptors (Lipinski definition) is 4. The summed E-state index contributed by atoms with van der Waals surface area (Å²) in [5.41, 5.74) is 6.59. The van der Waals surface area contributed by atoms with Crippen molar-refractivity contribution in [1.29, 1.82) is 0 Å². The van der Waals surface area contributed by atoms with Gasteiger partial charge in [-0.25, -0.2) is 0 Å². The molecule has 1 aromatic carbocycles. The van der Waals surface area contributed by atoms with Gasteiger partial charge in [0, 0.05) is 23.8 Å². The average Bonchev–Trinajstić information content (AvgIpc) is 2.29. The van der Waals surface area contributed by atoms with Crippen LogP contribution in [0.4, 0.5) is 5.69 Å². The highest BCUT2D eigenvalue weighted by molar-refractivity contribution is 9.10. The molecule has 0 saturated heterocycles. The largest absolute Gasteiger partial charge is 0.398 e. The molecule has 1 unspecified atom stereocenters. The van der Waals surface area contributed by atoms with Crippen molar-refractivity contribution in [3.63, 3.8) is 0 Å². The van der Waals surface area contributed by atoms with E-state index in [0.717, 1.165) is 4.47 Å². The number of carbonyl (C=O) groups is 1. The van der Waals surface area contributed by atoms with Crippen LogP contribution in [0.1, 0.15) is 16.8 Å². The van der Waals surface area contributed by atoms with E-state index in [0.29, 0.717) is 24.2 Å². The van der Waals surface area contributed by atoms with Gasteiger partial charge in [0.2, 0.25) is 0 Å². The van der Waals surface area contributed by atoms with Crippen LogP contribution in [-0.4, -0.2) is 37.4 Å². The van der Waals surface area contributed by atoms with E-state index in [1.165, 1.54) is 7.11 Å². The Hall–Kier alpha value is -1.11. The van der Waals surface area contributed by atoms with Crippen molar-refractivity contribution in [3.8, 4) is 0 Å². The van der Waals surface area contributed by atoms with E-state index in [9.17, 15) is 9.90 Å². The van der Waals surface area contributed by atoms with Crippen molar-refractivity contribution in [2.75, 3.05) is 26.0 Å². The maximum absolute atomic E-state index is 11.8. The third kappa shape index (κ3) is 4.64. The summed E-state index contributed by atoms with van der Waals surface area (Å²) in [5, 5.41) is 12.1. The van der Waals surface area contributed by atoms with Gasteiger partial charge >= 0.3 is 0 Å². The molecule has 0 heterocycles. The Kier molecular flexibility index (Phi) is 6.11. The maximum atomic E-state index is 11.8. The number of anilines is 1. The van der Waals surface area contributed by atoms with E-state index in [-0.39, 0.29) is 12.5 Å². The number of ether oxygens (including phenoxy) is 1. The SMILES string of the molecule is COCC(O)CCNC(=O)c1ccc(Br)cc1N. The first kappa shape index (κ1) is 14.9. The minimum atomic E-state index is -0.572. The van der Waals surface area contributed by atoms with Crippen molar-refractivity contribution in [3.05, 3.63) is 28.2 Å². The van der Waals surface area contributed by atoms with Gasteiger partial charge in [-0.15, -0.1) is 0 Å². The van der Waals surface area contributed by atoms with E-state index >= 15 is 0 Å². The predicted octanol–water partition coefficient (Wildman–Crippen LogP) is 1.16. The Morgan fingerprint density at radius 3 is 2.94 bits per heavy atom. The molecule has 0 aliphatic heterocycles.